The molecule has 5 rings (SSSR count). The quantitative estimate of drug-likeness (QED) is 0.479. The predicted molar refractivity (Wildman–Crippen MR) is 145 cm³/mol. The average molecular weight is 534 g/mol. The number of hydrogen-bond donors (Lipinski definition) is 1. The van der Waals surface area contributed by atoms with Crippen LogP contribution in [0.2, 0.25) is 0 Å². The van der Waals surface area contributed by atoms with E-state index in [9.17, 15) is 19.2 Å². The summed E-state index contributed by atoms with van der Waals surface area (Å²) in [6.07, 6.45) is 0.531. The molecule has 1 aromatic heterocycles. The van der Waals surface area contributed by atoms with Crippen LogP contribution in [-0.4, -0.2) is 70.3 Å². The number of nitrogens with one attached hydrogen (secondary N) is 1. The molecule has 2 fully saturated rings. The van der Waals surface area contributed by atoms with Gasteiger partial charge in [-0.3, -0.25) is 19.2 Å². The minimum Gasteiger partial charge on any atom is -0.339 e. The van der Waals surface area contributed by atoms with Gasteiger partial charge < -0.3 is 15.1 Å². The SMILES string of the molecule is O=C(N[C@@H](CSCc1ccccc1)C(=O)N1CC[C@@H]2[C@H]1C(=O)CN2C(=O)c1ccccc1)c1cccs1. The molecule has 0 bridgehead atoms. The number of thioether (sulfide) groups is 1. The molecule has 0 spiro atoms. The van der Waals surface area contributed by atoms with Crippen LogP contribution in [0.1, 0.15) is 32.0 Å². The Morgan fingerprint density at radius 3 is 2.41 bits per heavy atom. The number of ketones is 1. The normalized spacial score (nSPS) is 19.5. The molecular weight excluding hydrogens is 506 g/mol. The monoisotopic (exact) mass is 533 g/mol. The van der Waals surface area contributed by atoms with Crippen molar-refractivity contribution in [1.82, 2.24) is 15.1 Å². The Kier molecular flexibility index (Phi) is 7.71. The van der Waals surface area contributed by atoms with Crippen molar-refractivity contribution in [2.45, 2.75) is 30.3 Å². The van der Waals surface area contributed by atoms with Crippen molar-refractivity contribution in [1.29, 1.82) is 0 Å². The van der Waals surface area contributed by atoms with Gasteiger partial charge in [-0.1, -0.05) is 54.6 Å². The zero-order valence-electron chi connectivity index (χ0n) is 20.1. The molecule has 9 heteroatoms. The van der Waals surface area contributed by atoms with E-state index in [4.69, 9.17) is 0 Å². The van der Waals surface area contributed by atoms with Gasteiger partial charge in [-0.15, -0.1) is 11.3 Å². The van der Waals surface area contributed by atoms with Gasteiger partial charge >= 0.3 is 0 Å². The molecule has 1 N–H and O–H groups in total. The van der Waals surface area contributed by atoms with Crippen LogP contribution in [0.5, 0.6) is 0 Å². The molecule has 0 unspecified atom stereocenters. The number of rotatable bonds is 8. The van der Waals surface area contributed by atoms with Gasteiger partial charge in [0, 0.05) is 23.6 Å². The van der Waals surface area contributed by atoms with Gasteiger partial charge in [0.25, 0.3) is 11.8 Å². The lowest BCUT2D eigenvalue weighted by molar-refractivity contribution is -0.137. The van der Waals surface area contributed by atoms with Crippen LogP contribution in [0, 0.1) is 0 Å². The molecule has 3 aromatic rings. The van der Waals surface area contributed by atoms with Crippen molar-refractivity contribution in [3.63, 3.8) is 0 Å². The predicted octanol–water partition coefficient (Wildman–Crippen LogP) is 3.47. The van der Waals surface area contributed by atoms with Crippen LogP contribution in [-0.2, 0) is 15.3 Å². The van der Waals surface area contributed by atoms with Gasteiger partial charge in [0.05, 0.1) is 17.5 Å². The number of Topliss-reactive ketones (excluding diaryl/α,β-unsaturated/α-hetero) is 1. The maximum absolute atomic E-state index is 13.8. The smallest absolute Gasteiger partial charge is 0.262 e. The standard InChI is InChI=1S/C28H27N3O4S2/c32-23-16-31(27(34)20-10-5-2-6-11-20)22-13-14-30(25(22)23)28(35)21(29-26(33)24-12-7-15-37-24)18-36-17-19-8-3-1-4-9-19/h1-12,15,21-22,25H,13-14,16-18H2,(H,29,33)/t21-,22+,25-/m0/s1. The summed E-state index contributed by atoms with van der Waals surface area (Å²) in [6.45, 7) is 0.356. The molecular formula is C28H27N3O4S2. The van der Waals surface area contributed by atoms with Crippen molar-refractivity contribution in [3.8, 4) is 0 Å². The molecule has 190 valence electrons. The molecule has 3 amide bonds. The lowest BCUT2D eigenvalue weighted by atomic mass is 10.1. The number of fused-ring (bicyclic) bond motifs is 1. The lowest BCUT2D eigenvalue weighted by Crippen LogP contribution is -2.53. The van der Waals surface area contributed by atoms with Crippen molar-refractivity contribution in [2.24, 2.45) is 0 Å². The van der Waals surface area contributed by atoms with E-state index >= 15 is 0 Å². The van der Waals surface area contributed by atoms with Crippen molar-refractivity contribution >= 4 is 46.6 Å². The molecule has 0 radical (unpaired) electrons. The van der Waals surface area contributed by atoms with Gasteiger partial charge in [0.1, 0.15) is 12.1 Å². The first kappa shape index (κ1) is 25.2. The number of hydrogen-bond acceptors (Lipinski definition) is 6. The summed E-state index contributed by atoms with van der Waals surface area (Å²) in [5.41, 5.74) is 1.66. The van der Waals surface area contributed by atoms with Gasteiger partial charge in [-0.2, -0.15) is 11.8 Å². The van der Waals surface area contributed by atoms with E-state index in [1.165, 1.54) is 11.3 Å². The number of benzene rings is 2. The van der Waals surface area contributed by atoms with Gasteiger partial charge in [0.15, 0.2) is 5.78 Å². The van der Waals surface area contributed by atoms with E-state index in [0.717, 1.165) is 5.56 Å². The molecule has 37 heavy (non-hydrogen) atoms. The zero-order valence-corrected chi connectivity index (χ0v) is 21.8. The lowest BCUT2D eigenvalue weighted by Gasteiger charge is -2.28. The highest BCUT2D eigenvalue weighted by molar-refractivity contribution is 7.98. The van der Waals surface area contributed by atoms with Crippen molar-refractivity contribution in [2.75, 3.05) is 18.8 Å². The Morgan fingerprint density at radius 1 is 0.973 bits per heavy atom. The van der Waals surface area contributed by atoms with Crippen LogP contribution in [0.25, 0.3) is 0 Å². The van der Waals surface area contributed by atoms with E-state index in [2.05, 4.69) is 5.32 Å². The van der Waals surface area contributed by atoms with Crippen molar-refractivity contribution < 1.29 is 19.2 Å². The van der Waals surface area contributed by atoms with Crippen LogP contribution in [0.15, 0.2) is 78.2 Å². The maximum atomic E-state index is 13.8. The second-order valence-electron chi connectivity index (χ2n) is 9.10. The van der Waals surface area contributed by atoms with Gasteiger partial charge in [-0.05, 0) is 35.6 Å². The van der Waals surface area contributed by atoms with E-state index < -0.39 is 12.1 Å². The average Bonchev–Trinajstić information content (AvgIpc) is 3.68. The third-order valence-corrected chi connectivity index (χ3v) is 8.71. The molecule has 3 atom stereocenters. The topological polar surface area (TPSA) is 86.8 Å². The summed E-state index contributed by atoms with van der Waals surface area (Å²) in [7, 11) is 0. The molecule has 0 aliphatic carbocycles. The first-order valence-corrected chi connectivity index (χ1v) is 14.2. The number of amides is 3. The number of carbonyl (C=O) groups is 4. The number of likely N-dealkylation sites (tertiary alicyclic amines) is 2. The summed E-state index contributed by atoms with van der Waals surface area (Å²) < 4.78 is 0. The second-order valence-corrected chi connectivity index (χ2v) is 11.1. The van der Waals surface area contributed by atoms with Crippen LogP contribution >= 0.6 is 23.1 Å². The van der Waals surface area contributed by atoms with Crippen LogP contribution < -0.4 is 5.32 Å². The number of thiophene rings is 1. The Hall–Kier alpha value is -3.43. The first-order chi connectivity index (χ1) is 18.0. The van der Waals surface area contributed by atoms with E-state index in [0.29, 0.717) is 34.9 Å². The first-order valence-electron chi connectivity index (χ1n) is 12.2. The summed E-state index contributed by atoms with van der Waals surface area (Å²) in [6, 6.07) is 20.5. The molecule has 7 nitrogen and oxygen atoms in total. The van der Waals surface area contributed by atoms with E-state index in [1.54, 1.807) is 58.0 Å². The highest BCUT2D eigenvalue weighted by Gasteiger charge is 2.52. The molecule has 3 heterocycles. The second kappa shape index (κ2) is 11.3. The molecule has 2 aliphatic heterocycles. The van der Waals surface area contributed by atoms with Gasteiger partial charge in [0.2, 0.25) is 5.91 Å². The molecule has 0 saturated carbocycles. The molecule has 2 aromatic carbocycles. The third kappa shape index (κ3) is 5.47. The Labute approximate surface area is 223 Å². The minimum atomic E-state index is -0.784. The molecule has 2 aliphatic rings. The zero-order chi connectivity index (χ0) is 25.8. The fourth-order valence-corrected chi connectivity index (χ4v) is 6.60. The fourth-order valence-electron chi connectivity index (χ4n) is 4.97. The highest BCUT2D eigenvalue weighted by atomic mass is 32.2. The van der Waals surface area contributed by atoms with Gasteiger partial charge in [-0.25, -0.2) is 0 Å². The van der Waals surface area contributed by atoms with E-state index in [1.807, 2.05) is 41.8 Å². The fraction of sp³-hybridized carbons (Fsp3) is 0.286. The Morgan fingerprint density at radius 2 is 1.70 bits per heavy atom. The highest BCUT2D eigenvalue weighted by Crippen LogP contribution is 2.31. The van der Waals surface area contributed by atoms with Crippen LogP contribution in [0.3, 0.4) is 0 Å². The summed E-state index contributed by atoms with van der Waals surface area (Å²) >= 11 is 2.87. The summed E-state index contributed by atoms with van der Waals surface area (Å²) in [4.78, 5) is 56.5. The van der Waals surface area contributed by atoms with Crippen molar-refractivity contribution in [3.05, 3.63) is 94.2 Å². The largest absolute Gasteiger partial charge is 0.339 e. The number of carbonyl (C=O) groups excluding carboxylic acids is 4. The summed E-state index contributed by atoms with van der Waals surface area (Å²) in [5, 5.41) is 4.72. The maximum Gasteiger partial charge on any atom is 0.262 e. The third-order valence-electron chi connectivity index (χ3n) is 6.73. The summed E-state index contributed by atoms with van der Waals surface area (Å²) in [5.74, 6) is 0.157. The molecule has 2 saturated heterocycles. The van der Waals surface area contributed by atoms with Crippen LogP contribution in [0.4, 0.5) is 0 Å². The Bertz CT molecular complexity index is 1270. The minimum absolute atomic E-state index is 0.0121. The number of nitrogens with zero attached hydrogens (tertiary/aromatic N) is 2. The van der Waals surface area contributed by atoms with E-state index in [-0.39, 0.29) is 36.1 Å². The Balaban J connectivity index is 1.31.